The first-order valence-electron chi connectivity index (χ1n) is 18.0. The van der Waals surface area contributed by atoms with E-state index in [1.807, 2.05) is 74.5 Å². The second-order valence-electron chi connectivity index (χ2n) is 14.4. The zero-order valence-corrected chi connectivity index (χ0v) is 33.2. The van der Waals surface area contributed by atoms with Crippen LogP contribution in [0.4, 0.5) is 0 Å². The van der Waals surface area contributed by atoms with E-state index < -0.39 is 74.0 Å². The predicted octanol–water partition coefficient (Wildman–Crippen LogP) is 4.43. The molecule has 0 aromatic heterocycles. The Bertz CT molecular complexity index is 1890. The molecule has 5 N–H and O–H groups in total. The fourth-order valence-electron chi connectivity index (χ4n) is 5.97. The maximum absolute atomic E-state index is 14.1. The quantitative estimate of drug-likeness (QED) is 0.0996. The van der Waals surface area contributed by atoms with Gasteiger partial charge >= 0.3 is 0 Å². The number of sulfonamides is 2. The molecule has 0 fully saturated rings. The summed E-state index contributed by atoms with van der Waals surface area (Å²) in [7, 11) is -8.19. The molecule has 4 atom stereocenters. The highest BCUT2D eigenvalue weighted by Gasteiger charge is 2.37. The fourth-order valence-corrected chi connectivity index (χ4v) is 8.65. The van der Waals surface area contributed by atoms with E-state index in [0.29, 0.717) is 0 Å². The van der Waals surface area contributed by atoms with Gasteiger partial charge in [-0.05, 0) is 73.9 Å². The first kappa shape index (κ1) is 42.3. The number of amides is 2. The molecular formula is C41H52N4O7S2. The predicted molar refractivity (Wildman–Crippen MR) is 210 cm³/mol. The van der Waals surface area contributed by atoms with Gasteiger partial charge in [0.15, 0.2) is 0 Å². The molecule has 0 aliphatic heterocycles. The summed E-state index contributed by atoms with van der Waals surface area (Å²) in [5.41, 5.74) is 3.31. The highest BCUT2D eigenvalue weighted by molar-refractivity contribution is 7.89. The van der Waals surface area contributed by atoms with Crippen molar-refractivity contribution in [1.29, 1.82) is 0 Å². The summed E-state index contributed by atoms with van der Waals surface area (Å²) in [5.74, 6) is -2.27. The van der Waals surface area contributed by atoms with Crippen LogP contribution in [0.25, 0.3) is 0 Å². The van der Waals surface area contributed by atoms with E-state index >= 15 is 0 Å². The van der Waals surface area contributed by atoms with E-state index in [4.69, 9.17) is 0 Å². The van der Waals surface area contributed by atoms with Gasteiger partial charge < -0.3 is 15.7 Å². The molecule has 11 nitrogen and oxygen atoms in total. The van der Waals surface area contributed by atoms with Crippen LogP contribution in [-0.4, -0.2) is 64.0 Å². The second kappa shape index (κ2) is 18.8. The van der Waals surface area contributed by atoms with Crippen LogP contribution >= 0.6 is 0 Å². The number of hydrogen-bond acceptors (Lipinski definition) is 7. The lowest BCUT2D eigenvalue weighted by Crippen LogP contribution is -2.61. The molecule has 0 aliphatic carbocycles. The van der Waals surface area contributed by atoms with Crippen molar-refractivity contribution in [3.8, 4) is 0 Å². The van der Waals surface area contributed by atoms with Crippen molar-refractivity contribution in [3.63, 3.8) is 0 Å². The summed E-state index contributed by atoms with van der Waals surface area (Å²) >= 11 is 0. The first-order chi connectivity index (χ1) is 25.5. The van der Waals surface area contributed by atoms with Gasteiger partial charge in [0.1, 0.15) is 12.1 Å². The highest BCUT2D eigenvalue weighted by Crippen LogP contribution is 2.19. The zero-order chi connectivity index (χ0) is 39.6. The molecule has 13 heteroatoms. The molecule has 0 bridgehead atoms. The topological polar surface area (TPSA) is 171 Å². The van der Waals surface area contributed by atoms with Crippen molar-refractivity contribution in [1.82, 2.24) is 20.1 Å². The maximum Gasteiger partial charge on any atom is 0.241 e. The maximum atomic E-state index is 14.1. The van der Waals surface area contributed by atoms with Crippen LogP contribution in [0.15, 0.2) is 119 Å². The van der Waals surface area contributed by atoms with E-state index in [9.17, 15) is 31.5 Å². The molecule has 54 heavy (non-hydrogen) atoms. The summed E-state index contributed by atoms with van der Waals surface area (Å²) in [5, 5.41) is 18.0. The Kier molecular flexibility index (Phi) is 14.7. The Morgan fingerprint density at radius 1 is 0.537 bits per heavy atom. The van der Waals surface area contributed by atoms with Crippen LogP contribution in [0, 0.1) is 25.7 Å². The minimum Gasteiger partial charge on any atom is -0.389 e. The molecule has 0 saturated carbocycles. The van der Waals surface area contributed by atoms with Crippen molar-refractivity contribution in [2.45, 2.75) is 94.4 Å². The average molecular weight is 777 g/mol. The Morgan fingerprint density at radius 2 is 0.852 bits per heavy atom. The number of benzene rings is 4. The third-order valence-corrected chi connectivity index (χ3v) is 12.1. The molecule has 0 spiro atoms. The van der Waals surface area contributed by atoms with Crippen molar-refractivity contribution in [2.24, 2.45) is 11.8 Å². The lowest BCUT2D eigenvalue weighted by atomic mass is 9.91. The molecule has 4 aromatic carbocycles. The van der Waals surface area contributed by atoms with Gasteiger partial charge in [-0.1, -0.05) is 124 Å². The van der Waals surface area contributed by atoms with Crippen molar-refractivity contribution < 1.29 is 31.5 Å². The Balaban J connectivity index is 1.66. The molecule has 4 aromatic rings. The van der Waals surface area contributed by atoms with Gasteiger partial charge in [0.25, 0.3) is 0 Å². The number of carbonyl (C=O) groups excluding carboxylic acids is 2. The molecule has 2 unspecified atom stereocenters. The lowest BCUT2D eigenvalue weighted by molar-refractivity contribution is -0.126. The average Bonchev–Trinajstić information content (AvgIpc) is 3.13. The number of aryl methyl sites for hydroxylation is 2. The third kappa shape index (κ3) is 11.8. The van der Waals surface area contributed by atoms with E-state index in [-0.39, 0.29) is 22.6 Å². The van der Waals surface area contributed by atoms with Crippen molar-refractivity contribution >= 4 is 31.9 Å². The van der Waals surface area contributed by atoms with Gasteiger partial charge in [-0.2, -0.15) is 9.44 Å². The summed E-state index contributed by atoms with van der Waals surface area (Å²) in [6.07, 6.45) is -1.14. The smallest absolute Gasteiger partial charge is 0.241 e. The second-order valence-corrected chi connectivity index (χ2v) is 17.8. The van der Waals surface area contributed by atoms with Gasteiger partial charge in [0, 0.05) is 0 Å². The Morgan fingerprint density at radius 3 is 1.15 bits per heavy atom. The van der Waals surface area contributed by atoms with E-state index in [0.717, 1.165) is 22.3 Å². The van der Waals surface area contributed by atoms with Crippen molar-refractivity contribution in [3.05, 3.63) is 131 Å². The largest absolute Gasteiger partial charge is 0.389 e. The molecule has 0 radical (unpaired) electrons. The van der Waals surface area contributed by atoms with Crippen LogP contribution in [0.5, 0.6) is 0 Å². The van der Waals surface area contributed by atoms with Crippen LogP contribution in [0.3, 0.4) is 0 Å². The highest BCUT2D eigenvalue weighted by atomic mass is 32.2. The number of rotatable bonds is 18. The summed E-state index contributed by atoms with van der Waals surface area (Å²) in [4.78, 5) is 28.1. The van der Waals surface area contributed by atoms with Gasteiger partial charge in [0.05, 0.1) is 28.0 Å². The number of aliphatic hydroxyl groups is 1. The zero-order valence-electron chi connectivity index (χ0n) is 31.6. The van der Waals surface area contributed by atoms with E-state index in [2.05, 4.69) is 20.1 Å². The fraction of sp³-hybridized carbons (Fsp3) is 0.366. The van der Waals surface area contributed by atoms with Crippen LogP contribution < -0.4 is 20.1 Å². The Hall–Kier alpha value is -4.40. The monoisotopic (exact) mass is 776 g/mol. The molecule has 4 rings (SSSR count). The van der Waals surface area contributed by atoms with Crippen LogP contribution in [-0.2, 0) is 42.5 Å². The van der Waals surface area contributed by atoms with Crippen LogP contribution in [0.2, 0.25) is 0 Å². The molecule has 0 aliphatic rings. The number of carbonyl (C=O) groups is 2. The minimum absolute atomic E-state index is 0.00997. The molecule has 290 valence electrons. The summed E-state index contributed by atoms with van der Waals surface area (Å²) in [6, 6.07) is 26.4. The summed E-state index contributed by atoms with van der Waals surface area (Å²) < 4.78 is 58.7. The minimum atomic E-state index is -4.10. The van der Waals surface area contributed by atoms with Gasteiger partial charge in [0.2, 0.25) is 31.9 Å². The number of aliphatic hydroxyl groups excluding tert-OH is 1. The summed E-state index contributed by atoms with van der Waals surface area (Å²) in [6.45, 7) is 10.5. The Labute approximate surface area is 320 Å². The molecule has 2 amide bonds. The van der Waals surface area contributed by atoms with Gasteiger partial charge in [-0.25, -0.2) is 16.8 Å². The lowest BCUT2D eigenvalue weighted by Gasteiger charge is -2.34. The number of nitrogens with one attached hydrogen (secondary N) is 4. The molecule has 0 saturated heterocycles. The van der Waals surface area contributed by atoms with Gasteiger partial charge in [-0.3, -0.25) is 9.59 Å². The molecule has 0 heterocycles. The van der Waals surface area contributed by atoms with Crippen LogP contribution in [0.1, 0.15) is 49.9 Å². The SMILES string of the molecule is Cc1ccc(S(=O)(=O)N[C@H](C(=O)NC(Cc2ccccc2)C(O)C(Cc2ccccc2)NC(=O)[C@@H](NS(=O)(=O)c2ccc(C)cc2)C(C)C)C(C)C)cc1. The standard InChI is InChI=1S/C41H52N4O7S2/c1-27(2)37(44-53(49,50)33-21-17-29(5)18-22-33)40(47)42-35(25-31-13-9-7-10-14-31)39(46)36(26-32-15-11-8-12-16-32)43-41(48)38(28(3)4)45-54(51,52)34-23-19-30(6)20-24-34/h7-24,27-28,35-39,44-46H,25-26H2,1-6H3,(H,42,47)(H,43,48)/t35?,36?,37-,38-,39?/m0/s1. The van der Waals surface area contributed by atoms with E-state index in [1.54, 1.807) is 52.0 Å². The normalized spacial score (nSPS) is 14.9. The van der Waals surface area contributed by atoms with Gasteiger partial charge in [-0.15, -0.1) is 0 Å². The van der Waals surface area contributed by atoms with Crippen molar-refractivity contribution in [2.75, 3.05) is 0 Å². The third-order valence-electron chi connectivity index (χ3n) is 9.20. The van der Waals surface area contributed by atoms with E-state index in [1.165, 1.54) is 24.3 Å². The number of hydrogen-bond donors (Lipinski definition) is 5. The first-order valence-corrected chi connectivity index (χ1v) is 21.0. The molecular weight excluding hydrogens is 725 g/mol.